The Bertz CT molecular complexity index is 924. The number of hydrogen-bond acceptors (Lipinski definition) is 4. The minimum atomic E-state index is -0.204. The predicted octanol–water partition coefficient (Wildman–Crippen LogP) is 5.37. The smallest absolute Gasteiger partial charge is 0.230 e. The summed E-state index contributed by atoms with van der Waals surface area (Å²) in [4.78, 5) is 16.8. The molecule has 1 aromatic heterocycles. The number of halogens is 1. The highest BCUT2D eigenvalue weighted by molar-refractivity contribution is 8.00. The maximum atomic E-state index is 13.7. The Hall–Kier alpha value is -2.18. The summed E-state index contributed by atoms with van der Waals surface area (Å²) in [5.74, 6) is 0.230. The summed E-state index contributed by atoms with van der Waals surface area (Å²) in [5.41, 5.74) is 4.43. The fourth-order valence-corrected chi connectivity index (χ4v) is 4.27. The van der Waals surface area contributed by atoms with Crippen molar-refractivity contribution in [1.29, 1.82) is 0 Å². The number of nitrogens with one attached hydrogen (secondary N) is 1. The number of anilines is 1. The molecule has 6 heteroatoms. The Morgan fingerprint density at radius 1 is 1.19 bits per heavy atom. The number of amides is 1. The lowest BCUT2D eigenvalue weighted by Gasteiger charge is -2.09. The summed E-state index contributed by atoms with van der Waals surface area (Å²) in [6.07, 6.45) is 0.226. The molecular formula is C20H19FN2OS2. The Morgan fingerprint density at radius 2 is 2.00 bits per heavy atom. The van der Waals surface area contributed by atoms with E-state index in [-0.39, 0.29) is 18.1 Å². The Balaban J connectivity index is 1.57. The van der Waals surface area contributed by atoms with Gasteiger partial charge < -0.3 is 5.32 Å². The number of benzene rings is 2. The van der Waals surface area contributed by atoms with Crippen LogP contribution in [0.1, 0.15) is 22.4 Å². The molecule has 0 aliphatic carbocycles. The van der Waals surface area contributed by atoms with Gasteiger partial charge in [0.25, 0.3) is 0 Å². The summed E-state index contributed by atoms with van der Waals surface area (Å²) in [6, 6.07) is 12.6. The molecule has 0 saturated heterocycles. The minimum Gasteiger partial charge on any atom is -0.325 e. The monoisotopic (exact) mass is 386 g/mol. The molecule has 1 heterocycles. The summed E-state index contributed by atoms with van der Waals surface area (Å²) >= 11 is 2.96. The van der Waals surface area contributed by atoms with Crippen molar-refractivity contribution in [3.05, 3.63) is 76.0 Å². The van der Waals surface area contributed by atoms with Crippen molar-refractivity contribution in [3.8, 4) is 0 Å². The quantitative estimate of drug-likeness (QED) is 0.579. The molecule has 0 aliphatic rings. The third-order valence-corrected chi connectivity index (χ3v) is 6.18. The second-order valence-electron chi connectivity index (χ2n) is 5.96. The molecule has 0 atom stereocenters. The van der Waals surface area contributed by atoms with Gasteiger partial charge >= 0.3 is 0 Å². The Labute approximate surface area is 160 Å². The molecule has 1 amide bonds. The van der Waals surface area contributed by atoms with Gasteiger partial charge in [-0.3, -0.25) is 4.79 Å². The first kappa shape index (κ1) is 18.6. The second-order valence-corrected chi connectivity index (χ2v) is 8.04. The van der Waals surface area contributed by atoms with E-state index in [0.717, 1.165) is 26.8 Å². The van der Waals surface area contributed by atoms with Crippen LogP contribution in [0.15, 0.2) is 52.2 Å². The number of hydrogen-bond donors (Lipinski definition) is 1. The van der Waals surface area contributed by atoms with Crippen molar-refractivity contribution in [1.82, 2.24) is 4.98 Å². The molecule has 26 heavy (non-hydrogen) atoms. The van der Waals surface area contributed by atoms with Crippen LogP contribution in [0.2, 0.25) is 0 Å². The van der Waals surface area contributed by atoms with Gasteiger partial charge in [-0.15, -0.1) is 11.3 Å². The van der Waals surface area contributed by atoms with Crippen LogP contribution in [0.3, 0.4) is 0 Å². The first-order chi connectivity index (χ1) is 12.5. The van der Waals surface area contributed by atoms with Crippen LogP contribution in [0, 0.1) is 19.7 Å². The van der Waals surface area contributed by atoms with E-state index in [0.29, 0.717) is 11.3 Å². The highest BCUT2D eigenvalue weighted by Gasteiger charge is 2.11. The number of rotatable bonds is 6. The Morgan fingerprint density at radius 3 is 2.81 bits per heavy atom. The number of carbonyl (C=O) groups excluding carboxylic acids is 1. The summed E-state index contributed by atoms with van der Waals surface area (Å²) in [6.45, 7) is 4.01. The maximum absolute atomic E-state index is 13.7. The lowest BCUT2D eigenvalue weighted by atomic mass is 10.1. The average Bonchev–Trinajstić information content (AvgIpc) is 3.05. The van der Waals surface area contributed by atoms with Crippen molar-refractivity contribution in [2.24, 2.45) is 0 Å². The molecule has 3 nitrogen and oxygen atoms in total. The van der Waals surface area contributed by atoms with Gasteiger partial charge in [0.1, 0.15) is 10.2 Å². The van der Waals surface area contributed by atoms with Gasteiger partial charge in [-0.1, -0.05) is 42.1 Å². The molecule has 3 aromatic rings. The van der Waals surface area contributed by atoms with Gasteiger partial charge in [-0.05, 0) is 42.7 Å². The summed E-state index contributed by atoms with van der Waals surface area (Å²) in [7, 11) is 0. The molecule has 0 radical (unpaired) electrons. The number of thiazole rings is 1. The van der Waals surface area contributed by atoms with Crippen molar-refractivity contribution in [2.75, 3.05) is 5.32 Å². The van der Waals surface area contributed by atoms with Gasteiger partial charge in [-0.25, -0.2) is 9.37 Å². The lowest BCUT2D eigenvalue weighted by Crippen LogP contribution is -2.15. The summed E-state index contributed by atoms with van der Waals surface area (Å²) in [5, 5.41) is 4.82. The molecule has 0 bridgehead atoms. The van der Waals surface area contributed by atoms with Crippen LogP contribution in [0.5, 0.6) is 0 Å². The number of aryl methyl sites for hydroxylation is 1. The first-order valence-electron chi connectivity index (χ1n) is 8.19. The normalized spacial score (nSPS) is 10.7. The van der Waals surface area contributed by atoms with E-state index in [1.165, 1.54) is 29.2 Å². The second kappa shape index (κ2) is 8.47. The van der Waals surface area contributed by atoms with E-state index >= 15 is 0 Å². The van der Waals surface area contributed by atoms with Gasteiger partial charge in [0.05, 0.1) is 12.1 Å². The maximum Gasteiger partial charge on any atom is 0.230 e. The number of nitrogens with zero attached hydrogens (tertiary/aromatic N) is 1. The molecule has 1 N–H and O–H groups in total. The van der Waals surface area contributed by atoms with Crippen molar-refractivity contribution in [3.63, 3.8) is 0 Å². The van der Waals surface area contributed by atoms with Crippen molar-refractivity contribution >= 4 is 34.7 Å². The third kappa shape index (κ3) is 4.71. The number of aromatic nitrogens is 1. The standard InChI is InChI=1S/C20H19FN2OS2/c1-13-6-5-9-18(14(13)2)23-19(24)10-16-12-26-20(22-16)25-11-15-7-3-4-8-17(15)21/h3-9,12H,10-11H2,1-2H3,(H,23,24). The number of thioether (sulfide) groups is 1. The average molecular weight is 387 g/mol. The van der Waals surface area contributed by atoms with Crippen LogP contribution in [-0.2, 0) is 17.0 Å². The van der Waals surface area contributed by atoms with Crippen LogP contribution < -0.4 is 5.32 Å². The van der Waals surface area contributed by atoms with Gasteiger partial charge in [-0.2, -0.15) is 0 Å². The highest BCUT2D eigenvalue weighted by atomic mass is 32.2. The van der Waals surface area contributed by atoms with E-state index < -0.39 is 0 Å². The van der Waals surface area contributed by atoms with E-state index in [9.17, 15) is 9.18 Å². The molecule has 0 aliphatic heterocycles. The van der Waals surface area contributed by atoms with Crippen molar-refractivity contribution in [2.45, 2.75) is 30.4 Å². The topological polar surface area (TPSA) is 42.0 Å². The molecule has 0 fully saturated rings. The van der Waals surface area contributed by atoms with E-state index in [2.05, 4.69) is 10.3 Å². The molecule has 0 spiro atoms. The van der Waals surface area contributed by atoms with Gasteiger partial charge in [0.15, 0.2) is 0 Å². The lowest BCUT2D eigenvalue weighted by molar-refractivity contribution is -0.115. The zero-order valence-corrected chi connectivity index (χ0v) is 16.2. The fourth-order valence-electron chi connectivity index (χ4n) is 2.44. The zero-order chi connectivity index (χ0) is 18.5. The molecule has 134 valence electrons. The molecule has 2 aromatic carbocycles. The number of carbonyl (C=O) groups is 1. The highest BCUT2D eigenvalue weighted by Crippen LogP contribution is 2.27. The minimum absolute atomic E-state index is 0.0883. The third-order valence-electron chi connectivity index (χ3n) is 4.06. The van der Waals surface area contributed by atoms with Crippen molar-refractivity contribution < 1.29 is 9.18 Å². The van der Waals surface area contributed by atoms with E-state index in [1.54, 1.807) is 12.1 Å². The predicted molar refractivity (Wildman–Crippen MR) is 106 cm³/mol. The van der Waals surface area contributed by atoms with E-state index in [4.69, 9.17) is 0 Å². The van der Waals surface area contributed by atoms with E-state index in [1.807, 2.05) is 43.5 Å². The largest absolute Gasteiger partial charge is 0.325 e. The van der Waals surface area contributed by atoms with Crippen LogP contribution in [-0.4, -0.2) is 10.9 Å². The molecule has 3 rings (SSSR count). The van der Waals surface area contributed by atoms with Crippen LogP contribution in [0.4, 0.5) is 10.1 Å². The van der Waals surface area contributed by atoms with Gasteiger partial charge in [0, 0.05) is 16.8 Å². The Kier molecular flexibility index (Phi) is 6.06. The summed E-state index contributed by atoms with van der Waals surface area (Å²) < 4.78 is 14.5. The van der Waals surface area contributed by atoms with Crippen LogP contribution >= 0.6 is 23.1 Å². The van der Waals surface area contributed by atoms with Gasteiger partial charge in [0.2, 0.25) is 5.91 Å². The van der Waals surface area contributed by atoms with Crippen LogP contribution in [0.25, 0.3) is 0 Å². The fraction of sp³-hybridized carbons (Fsp3) is 0.200. The molecule has 0 unspecified atom stereocenters. The molecular weight excluding hydrogens is 367 g/mol. The molecule has 0 saturated carbocycles. The SMILES string of the molecule is Cc1cccc(NC(=O)Cc2csc(SCc3ccccc3F)n2)c1C. The first-order valence-corrected chi connectivity index (χ1v) is 10.1. The zero-order valence-electron chi connectivity index (χ0n) is 14.6.